The maximum absolute atomic E-state index is 13.8. The van der Waals surface area contributed by atoms with Gasteiger partial charge in [-0.05, 0) is 290 Å². The Balaban J connectivity index is 0.000000233. The van der Waals surface area contributed by atoms with Crippen LogP contribution in [0.1, 0.15) is 269 Å². The zero-order valence-corrected chi connectivity index (χ0v) is 100. The molecule has 6 aliphatic rings. The molecular formula is C117H160Br6Cl2F4N8O10. The first-order valence-electron chi connectivity index (χ1n) is 52.6. The number of benzene rings is 7. The van der Waals surface area contributed by atoms with Crippen LogP contribution >= 0.6 is 119 Å². The molecule has 0 radical (unpaired) electrons. The zero-order valence-electron chi connectivity index (χ0n) is 89.2. The number of carbonyl (C=O) groups is 8. The number of nitrogens with zero attached hydrogens (tertiary/aromatic N) is 3. The molecule has 812 valence electrons. The van der Waals surface area contributed by atoms with Crippen molar-refractivity contribution in [3.05, 3.63) is 239 Å². The molecule has 6 fully saturated rings. The number of rotatable bonds is 46. The lowest BCUT2D eigenvalue weighted by Crippen LogP contribution is -2.50. The molecule has 7 atom stereocenters. The van der Waals surface area contributed by atoms with Crippen LogP contribution in [-0.2, 0) is 47.8 Å². The van der Waals surface area contributed by atoms with Gasteiger partial charge in [-0.3, -0.25) is 48.2 Å². The molecular weight excluding hydrogens is 2300 g/mol. The van der Waals surface area contributed by atoms with E-state index in [-0.39, 0.29) is 141 Å². The first-order valence-corrected chi connectivity index (χ1v) is 58.1. The summed E-state index contributed by atoms with van der Waals surface area (Å²) >= 11 is 31.7. The van der Waals surface area contributed by atoms with E-state index in [1.165, 1.54) is 81.4 Å². The fourth-order valence-electron chi connectivity index (χ4n) is 17.7. The molecule has 5 N–H and O–H groups in total. The van der Waals surface area contributed by atoms with Crippen molar-refractivity contribution in [1.29, 1.82) is 0 Å². The number of Topliss-reactive ketones (excluding diaryl/α,β-unsaturated/α-hetero) is 7. The van der Waals surface area contributed by atoms with Crippen LogP contribution in [-0.4, -0.2) is 204 Å². The van der Waals surface area contributed by atoms with Gasteiger partial charge in [0.05, 0.1) is 69.4 Å². The van der Waals surface area contributed by atoms with Crippen LogP contribution in [0.5, 0.6) is 0 Å². The van der Waals surface area contributed by atoms with E-state index in [9.17, 15) is 55.9 Å². The van der Waals surface area contributed by atoms with Gasteiger partial charge in [0.25, 0.3) is 0 Å². The molecule has 1 amide bonds. The Hall–Kier alpha value is -5.48. The smallest absolute Gasteiger partial charge is 0.207 e. The highest BCUT2D eigenvalue weighted by Gasteiger charge is 2.37. The van der Waals surface area contributed by atoms with Crippen molar-refractivity contribution in [2.45, 2.75) is 254 Å². The molecule has 3 aliphatic heterocycles. The van der Waals surface area contributed by atoms with E-state index in [0.29, 0.717) is 97.0 Å². The van der Waals surface area contributed by atoms with E-state index < -0.39 is 0 Å². The highest BCUT2D eigenvalue weighted by atomic mass is 79.9. The van der Waals surface area contributed by atoms with Crippen LogP contribution in [0.4, 0.5) is 17.6 Å². The summed E-state index contributed by atoms with van der Waals surface area (Å²) < 4.78 is 69.3. The third-order valence-corrected chi connectivity index (χ3v) is 31.8. The molecule has 3 aliphatic carbocycles. The van der Waals surface area contributed by atoms with Gasteiger partial charge < -0.3 is 41.0 Å². The Kier molecular flexibility index (Phi) is 57.7. The van der Waals surface area contributed by atoms with Gasteiger partial charge in [-0.2, -0.15) is 0 Å². The van der Waals surface area contributed by atoms with E-state index in [1.807, 2.05) is 165 Å². The van der Waals surface area contributed by atoms with Crippen molar-refractivity contribution in [2.75, 3.05) is 118 Å². The minimum atomic E-state index is -0.330. The average Bonchev–Trinajstić information content (AvgIpc) is 1.60. The Labute approximate surface area is 934 Å². The molecule has 18 nitrogen and oxygen atoms in total. The van der Waals surface area contributed by atoms with Gasteiger partial charge in [-0.15, -0.1) is 0 Å². The molecule has 7 aromatic rings. The third kappa shape index (κ3) is 45.5. The summed E-state index contributed by atoms with van der Waals surface area (Å²) in [6, 6.07) is 42.9. The number of hydrogen-bond donors (Lipinski definition) is 5. The minimum Gasteiger partial charge on any atom is -0.381 e. The van der Waals surface area contributed by atoms with Crippen molar-refractivity contribution < 1.29 is 65.4 Å². The number of halogens is 12. The SMILES string of the molecule is CC(C)C(=O)C(CNC1CCOCC1)c1ccc(Br)c(F)c1.CC(C)C(=O)[C@H](CN(CC1CC1)CC1CC1)c1ccc(Br)cc1.CC(C)C(=O)[C@H](CN1CCN(C(C)C)CC1)c1ccc(Cl)c(Cl)c1.CC(C)C(=O)[C@H](CNC1CCOCC1)c1ccc(Br)c(F)c1.CC(C)C(=O)[C@H](CNC=O)c1ccc(Br)cc1.CC(C)C(=O)[C@H](CNCC1CC1)c1ccc(Br)c(F)c1.CC(C)NC[C@@H](C(=O)C(C)C)c1ccc(Br)c(F)c1. The molecule has 3 saturated heterocycles. The maximum atomic E-state index is 13.8. The Morgan fingerprint density at radius 2 is 0.673 bits per heavy atom. The van der Waals surface area contributed by atoms with Gasteiger partial charge in [-0.25, -0.2) is 17.6 Å². The fourth-order valence-corrected chi connectivity index (χ4v) is 19.5. The molecule has 0 spiro atoms. The second kappa shape index (κ2) is 66.0. The lowest BCUT2D eigenvalue weighted by atomic mass is 9.88. The summed E-state index contributed by atoms with van der Waals surface area (Å²) in [5.74, 6) is 0.778. The van der Waals surface area contributed by atoms with Crippen molar-refractivity contribution in [3.63, 3.8) is 0 Å². The molecule has 13 rings (SSSR count). The van der Waals surface area contributed by atoms with Crippen molar-refractivity contribution >= 4 is 166 Å². The van der Waals surface area contributed by atoms with Crippen molar-refractivity contribution in [3.8, 4) is 0 Å². The van der Waals surface area contributed by atoms with Crippen LogP contribution in [0.25, 0.3) is 0 Å². The van der Waals surface area contributed by atoms with Gasteiger partial charge in [0, 0.05) is 186 Å². The highest BCUT2D eigenvalue weighted by molar-refractivity contribution is 9.11. The highest BCUT2D eigenvalue weighted by Crippen LogP contribution is 2.39. The number of piperazine rings is 1. The van der Waals surface area contributed by atoms with Gasteiger partial charge in [0.1, 0.15) is 63.8 Å². The summed E-state index contributed by atoms with van der Waals surface area (Å²) in [4.78, 5) is 105. The number of ether oxygens (including phenoxy) is 2. The van der Waals surface area contributed by atoms with Crippen LogP contribution in [0.2, 0.25) is 10.0 Å². The number of ketones is 7. The van der Waals surface area contributed by atoms with E-state index in [1.54, 1.807) is 36.4 Å². The summed E-state index contributed by atoms with van der Waals surface area (Å²) in [6.07, 6.45) is 12.5. The van der Waals surface area contributed by atoms with E-state index in [0.717, 1.165) is 158 Å². The van der Waals surface area contributed by atoms with Gasteiger partial charge in [0.15, 0.2) is 0 Å². The predicted octanol–water partition coefficient (Wildman–Crippen LogP) is 26.8. The molecule has 0 bridgehead atoms. The normalized spacial score (nSPS) is 16.7. The Bertz CT molecular complexity index is 5140. The fraction of sp³-hybridized carbons (Fsp3) is 0.573. The third-order valence-electron chi connectivity index (χ3n) is 27.4. The van der Waals surface area contributed by atoms with E-state index in [2.05, 4.69) is 175 Å². The summed E-state index contributed by atoms with van der Waals surface area (Å²) in [6.45, 7) is 50.0. The van der Waals surface area contributed by atoms with E-state index in [4.69, 9.17) is 32.7 Å². The zero-order chi connectivity index (χ0) is 109. The number of carbonyl (C=O) groups excluding carboxylic acids is 8. The molecule has 0 aromatic heterocycles. The molecule has 3 saturated carbocycles. The van der Waals surface area contributed by atoms with Crippen molar-refractivity contribution in [2.24, 2.45) is 59.2 Å². The second-order valence-electron chi connectivity index (χ2n) is 42.6. The average molecular weight is 2460 g/mol. The lowest BCUT2D eigenvalue weighted by Gasteiger charge is -2.38. The van der Waals surface area contributed by atoms with E-state index >= 15 is 0 Å². The number of hydrogen-bond acceptors (Lipinski definition) is 17. The molecule has 30 heteroatoms. The van der Waals surface area contributed by atoms with Crippen molar-refractivity contribution in [1.82, 2.24) is 41.3 Å². The van der Waals surface area contributed by atoms with Gasteiger partial charge >= 0.3 is 0 Å². The number of amides is 1. The quantitative estimate of drug-likeness (QED) is 0.0177. The van der Waals surface area contributed by atoms with Crippen LogP contribution in [0, 0.1) is 82.4 Å². The molecule has 147 heavy (non-hydrogen) atoms. The largest absolute Gasteiger partial charge is 0.381 e. The predicted molar refractivity (Wildman–Crippen MR) is 611 cm³/mol. The summed E-state index contributed by atoms with van der Waals surface area (Å²) in [5, 5.41) is 17.2. The van der Waals surface area contributed by atoms with Crippen LogP contribution in [0.15, 0.2) is 166 Å². The Morgan fingerprint density at radius 3 is 0.993 bits per heavy atom. The first-order chi connectivity index (χ1) is 69.7. The topological polar surface area (TPSA) is 225 Å². The van der Waals surface area contributed by atoms with Crippen LogP contribution in [0.3, 0.4) is 0 Å². The Morgan fingerprint density at radius 1 is 0.367 bits per heavy atom. The van der Waals surface area contributed by atoms with Gasteiger partial charge in [0.2, 0.25) is 6.41 Å². The summed E-state index contributed by atoms with van der Waals surface area (Å²) in [7, 11) is 0. The van der Waals surface area contributed by atoms with Gasteiger partial charge in [-0.1, -0.05) is 220 Å². The standard InChI is InChI=1S/C20H28BrNO.C19H28Cl2N2O.2C17H23BrFNO2.C16H21BrFNO.C15H21BrFNO.C13H16BrNO2/c1-14(2)20(23)19(17-7-9-18(21)10-8-17)13-22(11-15-3-4-15)12-16-5-6-16;1-13(2)19(24)16(15-5-6-17(20)18(21)11-15)12-22-7-9-23(10-8-22)14(3)4;2*1-11(2)17(21)14(10-20-13-5-7-22-8-6-13)12-3-4-15(18)16(19)9-12;1-10(2)16(20)13(9-19-8-11-3-4-11)12-5-6-14(17)15(18)7-12;1-9(2)15(19)12(8-18-10(3)4)11-5-6-13(16)14(17)7-11;1-9(2)13(17)12(7-15-8-16)10-3-5-11(14)6-4-10/h7-10,14-16,19H,3-6,11-13H2,1-2H3;5-6,11,13-14,16H,7-10,12H2,1-4H3;2*3-4,9,11,13-14,20H,5-8,10H2,1-2H3;5-7,10-11,13,19H,3-4,8-9H2,1-2H3;5-7,9-10,12,18H,8H2,1-4H3;3-6,8-9,12H,7H2,1-2H3,(H,15,16)/t19-;16-;14-;;13-;2*12-/m111.111/s1. The minimum absolute atomic E-state index is 0.00130. The molecule has 3 heterocycles. The second-order valence-corrected chi connectivity index (χ2v) is 48.6. The molecule has 1 unspecified atom stereocenters. The summed E-state index contributed by atoms with van der Waals surface area (Å²) in [5.41, 5.74) is 6.03. The maximum Gasteiger partial charge on any atom is 0.207 e. The first kappa shape index (κ1) is 128. The monoisotopic (exact) mass is 2460 g/mol. The number of nitrogens with one attached hydrogen (secondary N) is 5. The lowest BCUT2D eigenvalue weighted by molar-refractivity contribution is -0.124. The molecule has 7 aromatic carbocycles. The van der Waals surface area contributed by atoms with Crippen LogP contribution < -0.4 is 26.6 Å².